The number of benzene rings is 2. The lowest BCUT2D eigenvalue weighted by molar-refractivity contribution is 0.0474. The van der Waals surface area contributed by atoms with Gasteiger partial charge >= 0.3 is 5.97 Å². The molecular weight excluding hydrogens is 388 g/mol. The molecule has 0 radical (unpaired) electrons. The summed E-state index contributed by atoms with van der Waals surface area (Å²) in [4.78, 5) is 24.7. The van der Waals surface area contributed by atoms with Crippen LogP contribution in [0.15, 0.2) is 42.5 Å². The summed E-state index contributed by atoms with van der Waals surface area (Å²) in [5.41, 5.74) is 0.760. The van der Waals surface area contributed by atoms with Crippen LogP contribution in [-0.4, -0.2) is 50.9 Å². The van der Waals surface area contributed by atoms with Crippen LogP contribution < -0.4 is 14.2 Å². The highest BCUT2D eigenvalue weighted by molar-refractivity contribution is 5.99. The molecule has 1 atom stereocenters. The lowest BCUT2D eigenvalue weighted by Crippen LogP contribution is -2.16. The van der Waals surface area contributed by atoms with Crippen molar-refractivity contribution in [1.82, 2.24) is 0 Å². The molecule has 0 saturated carbocycles. The summed E-state index contributed by atoms with van der Waals surface area (Å²) in [5.74, 6) is 0.926. The topological polar surface area (TPSA) is 80.3 Å². The second kappa shape index (κ2) is 9.63. The van der Waals surface area contributed by atoms with E-state index in [0.717, 1.165) is 25.9 Å². The van der Waals surface area contributed by atoms with Crippen LogP contribution >= 0.6 is 0 Å². The first kappa shape index (κ1) is 20.2. The molecule has 30 heavy (non-hydrogen) atoms. The van der Waals surface area contributed by atoms with E-state index in [1.807, 2.05) is 0 Å². The van der Waals surface area contributed by atoms with Crippen molar-refractivity contribution in [3.05, 3.63) is 53.6 Å². The van der Waals surface area contributed by atoms with Crippen LogP contribution in [-0.2, 0) is 9.47 Å². The van der Waals surface area contributed by atoms with E-state index in [2.05, 4.69) is 0 Å². The molecule has 2 aromatic carbocycles. The van der Waals surface area contributed by atoms with Gasteiger partial charge in [0.25, 0.3) is 0 Å². The van der Waals surface area contributed by atoms with Crippen LogP contribution in [0.25, 0.3) is 0 Å². The summed E-state index contributed by atoms with van der Waals surface area (Å²) >= 11 is 0. The Bertz CT molecular complexity index is 885. The van der Waals surface area contributed by atoms with Crippen LogP contribution in [0.3, 0.4) is 0 Å². The highest BCUT2D eigenvalue weighted by atomic mass is 16.5. The number of carbonyl (C=O) groups is 2. The van der Waals surface area contributed by atoms with Gasteiger partial charge < -0.3 is 23.7 Å². The van der Waals surface area contributed by atoms with E-state index >= 15 is 0 Å². The van der Waals surface area contributed by atoms with Crippen molar-refractivity contribution in [1.29, 1.82) is 0 Å². The van der Waals surface area contributed by atoms with Crippen LogP contribution in [0.5, 0.6) is 17.2 Å². The van der Waals surface area contributed by atoms with Gasteiger partial charge in [0.1, 0.15) is 12.4 Å². The van der Waals surface area contributed by atoms with Gasteiger partial charge in [-0.1, -0.05) is 0 Å². The Kier molecular flexibility index (Phi) is 6.49. The van der Waals surface area contributed by atoms with E-state index in [0.29, 0.717) is 48.2 Å². The lowest BCUT2D eigenvalue weighted by Gasteiger charge is -2.11. The molecular formula is C23H24O7. The molecule has 2 aliphatic heterocycles. The van der Waals surface area contributed by atoms with Crippen molar-refractivity contribution in [3.63, 3.8) is 0 Å². The van der Waals surface area contributed by atoms with Crippen LogP contribution in [0.2, 0.25) is 0 Å². The molecule has 0 bridgehead atoms. The Labute approximate surface area is 174 Å². The molecule has 7 nitrogen and oxygen atoms in total. The number of rotatable bonds is 7. The third-order valence-electron chi connectivity index (χ3n) is 4.95. The molecule has 2 aliphatic rings. The average Bonchev–Trinajstić information content (AvgIpc) is 3.19. The zero-order chi connectivity index (χ0) is 20.8. The van der Waals surface area contributed by atoms with E-state index in [-0.39, 0.29) is 18.5 Å². The predicted molar refractivity (Wildman–Crippen MR) is 108 cm³/mol. The standard InChI is InChI=1S/C23H24O7/c24-20(17-6-9-21-22(13-17)28-12-2-11-27-21)15-30-23(25)16-4-7-18(8-5-16)29-14-19-3-1-10-26-19/h4-9,13,19H,1-3,10-12,14-15H2/t19-/m0/s1. The van der Waals surface area contributed by atoms with Gasteiger partial charge in [-0.2, -0.15) is 0 Å². The van der Waals surface area contributed by atoms with Crippen LogP contribution in [0.4, 0.5) is 0 Å². The van der Waals surface area contributed by atoms with E-state index in [4.69, 9.17) is 23.7 Å². The lowest BCUT2D eigenvalue weighted by atomic mass is 10.1. The number of ether oxygens (including phenoxy) is 5. The second-order valence-electron chi connectivity index (χ2n) is 7.18. The Balaban J connectivity index is 1.28. The summed E-state index contributed by atoms with van der Waals surface area (Å²) in [6, 6.07) is 11.6. The quantitative estimate of drug-likeness (QED) is 0.509. The number of fused-ring (bicyclic) bond motifs is 1. The van der Waals surface area contributed by atoms with Gasteiger partial charge in [-0.3, -0.25) is 4.79 Å². The maximum atomic E-state index is 12.4. The third kappa shape index (κ3) is 5.10. The summed E-state index contributed by atoms with van der Waals surface area (Å²) in [6.07, 6.45) is 2.98. The number of hydrogen-bond acceptors (Lipinski definition) is 7. The third-order valence-corrected chi connectivity index (χ3v) is 4.95. The minimum Gasteiger partial charge on any atom is -0.491 e. The minimum absolute atomic E-state index is 0.130. The van der Waals surface area contributed by atoms with Crippen molar-refractivity contribution in [2.45, 2.75) is 25.4 Å². The molecule has 0 amide bonds. The molecule has 1 saturated heterocycles. The monoisotopic (exact) mass is 412 g/mol. The number of ketones is 1. The minimum atomic E-state index is -0.566. The maximum absolute atomic E-state index is 12.4. The second-order valence-corrected chi connectivity index (χ2v) is 7.18. The zero-order valence-corrected chi connectivity index (χ0v) is 16.6. The largest absolute Gasteiger partial charge is 0.491 e. The summed E-state index contributed by atoms with van der Waals surface area (Å²) in [7, 11) is 0. The first-order valence-electron chi connectivity index (χ1n) is 10.1. The molecule has 2 aromatic rings. The Morgan fingerprint density at radius 1 is 0.900 bits per heavy atom. The highest BCUT2D eigenvalue weighted by Crippen LogP contribution is 2.30. The van der Waals surface area contributed by atoms with Gasteiger partial charge in [0.15, 0.2) is 23.9 Å². The molecule has 0 N–H and O–H groups in total. The molecule has 1 fully saturated rings. The van der Waals surface area contributed by atoms with Crippen molar-refractivity contribution in [3.8, 4) is 17.2 Å². The fourth-order valence-electron chi connectivity index (χ4n) is 3.29. The molecule has 4 rings (SSSR count). The number of Topliss-reactive ketones (excluding diaryl/α,β-unsaturated/α-hetero) is 1. The normalized spacial score (nSPS) is 17.8. The molecule has 7 heteroatoms. The van der Waals surface area contributed by atoms with E-state index in [1.54, 1.807) is 42.5 Å². The molecule has 0 aliphatic carbocycles. The summed E-state index contributed by atoms with van der Waals surface area (Å²) in [5, 5.41) is 0. The molecule has 0 spiro atoms. The first-order valence-corrected chi connectivity index (χ1v) is 10.1. The average molecular weight is 412 g/mol. The van der Waals surface area contributed by atoms with Gasteiger partial charge in [0.05, 0.1) is 24.9 Å². The number of carbonyl (C=O) groups excluding carboxylic acids is 2. The summed E-state index contributed by atoms with van der Waals surface area (Å²) < 4.78 is 27.5. The Hall–Kier alpha value is -3.06. The summed E-state index contributed by atoms with van der Waals surface area (Å²) in [6.45, 7) is 2.04. The van der Waals surface area contributed by atoms with Crippen molar-refractivity contribution in [2.75, 3.05) is 33.0 Å². The van der Waals surface area contributed by atoms with Crippen molar-refractivity contribution in [2.24, 2.45) is 0 Å². The highest BCUT2D eigenvalue weighted by Gasteiger charge is 2.18. The van der Waals surface area contributed by atoms with Crippen molar-refractivity contribution < 1.29 is 33.3 Å². The number of esters is 1. The first-order chi connectivity index (χ1) is 14.7. The maximum Gasteiger partial charge on any atom is 0.338 e. The fourth-order valence-corrected chi connectivity index (χ4v) is 3.29. The van der Waals surface area contributed by atoms with E-state index in [1.165, 1.54) is 0 Å². The fraction of sp³-hybridized carbons (Fsp3) is 0.391. The van der Waals surface area contributed by atoms with Gasteiger partial charge in [-0.05, 0) is 55.3 Å². The molecule has 0 unspecified atom stereocenters. The Morgan fingerprint density at radius 3 is 2.43 bits per heavy atom. The SMILES string of the molecule is O=C(COC(=O)c1ccc(OC[C@@H]2CCCO2)cc1)c1ccc2c(c1)OCCCO2. The van der Waals surface area contributed by atoms with Gasteiger partial charge in [0, 0.05) is 18.6 Å². The predicted octanol–water partition coefficient (Wildman–Crippen LogP) is 3.45. The molecule has 0 aromatic heterocycles. The van der Waals surface area contributed by atoms with Crippen LogP contribution in [0.1, 0.15) is 40.0 Å². The number of hydrogen-bond donors (Lipinski definition) is 0. The zero-order valence-electron chi connectivity index (χ0n) is 16.6. The van der Waals surface area contributed by atoms with Gasteiger partial charge in [0.2, 0.25) is 0 Å². The Morgan fingerprint density at radius 2 is 1.67 bits per heavy atom. The van der Waals surface area contributed by atoms with Crippen molar-refractivity contribution >= 4 is 11.8 Å². The molecule has 158 valence electrons. The van der Waals surface area contributed by atoms with E-state index < -0.39 is 5.97 Å². The van der Waals surface area contributed by atoms with Crippen LogP contribution in [0, 0.1) is 0 Å². The van der Waals surface area contributed by atoms with Gasteiger partial charge in [-0.15, -0.1) is 0 Å². The molecule has 2 heterocycles. The van der Waals surface area contributed by atoms with Gasteiger partial charge in [-0.25, -0.2) is 4.79 Å². The smallest absolute Gasteiger partial charge is 0.338 e. The van der Waals surface area contributed by atoms with E-state index in [9.17, 15) is 9.59 Å².